The molecule has 1 heterocycles. The van der Waals surface area contributed by atoms with E-state index >= 15 is 0 Å². The molecule has 1 heteroatoms. The van der Waals surface area contributed by atoms with Crippen LogP contribution in [-0.2, 0) is 6.42 Å². The van der Waals surface area contributed by atoms with Crippen LogP contribution in [0.2, 0.25) is 0 Å². The molecule has 1 aliphatic rings. The summed E-state index contributed by atoms with van der Waals surface area (Å²) in [7, 11) is 2.20. The second kappa shape index (κ2) is 9.78. The summed E-state index contributed by atoms with van der Waals surface area (Å²) in [6, 6.07) is 6.67. The van der Waals surface area contributed by atoms with Gasteiger partial charge >= 0.3 is 0 Å². The fraction of sp³-hybridized carbons (Fsp3) is 0.600. The average molecular weight is 287 g/mol. The molecule has 0 aromatic heterocycles. The van der Waals surface area contributed by atoms with Gasteiger partial charge in [-0.3, -0.25) is 0 Å². The summed E-state index contributed by atoms with van der Waals surface area (Å²) in [5.41, 5.74) is 4.31. The molecule has 21 heavy (non-hydrogen) atoms. The van der Waals surface area contributed by atoms with E-state index in [0.29, 0.717) is 0 Å². The predicted octanol–water partition coefficient (Wildman–Crippen LogP) is 5.16. The fourth-order valence-corrected chi connectivity index (χ4v) is 2.87. The van der Waals surface area contributed by atoms with Gasteiger partial charge in [0.05, 0.1) is 0 Å². The normalized spacial score (nSPS) is 16.2. The Bertz CT molecular complexity index is 414. The molecule has 1 fully saturated rings. The number of hydrogen-bond donors (Lipinski definition) is 0. The van der Waals surface area contributed by atoms with Gasteiger partial charge in [0.1, 0.15) is 0 Å². The maximum Gasteiger partial charge on any atom is -0.00190 e. The summed E-state index contributed by atoms with van der Waals surface area (Å²) >= 11 is 0. The van der Waals surface area contributed by atoms with Gasteiger partial charge in [0.25, 0.3) is 0 Å². The van der Waals surface area contributed by atoms with E-state index in [1.165, 1.54) is 61.9 Å². The maximum atomic E-state index is 3.76. The van der Waals surface area contributed by atoms with Gasteiger partial charge in [-0.1, -0.05) is 43.2 Å². The Balaban J connectivity index is 0.000000211. The zero-order valence-electron chi connectivity index (χ0n) is 14.5. The van der Waals surface area contributed by atoms with Gasteiger partial charge in [0.15, 0.2) is 0 Å². The molecule has 0 aliphatic carbocycles. The Morgan fingerprint density at radius 3 is 2.48 bits per heavy atom. The highest BCUT2D eigenvalue weighted by molar-refractivity contribution is 5.30. The van der Waals surface area contributed by atoms with Gasteiger partial charge in [-0.2, -0.15) is 0 Å². The Morgan fingerprint density at radius 2 is 1.90 bits per heavy atom. The lowest BCUT2D eigenvalue weighted by Gasteiger charge is -2.27. The molecular formula is C20H33N. The summed E-state index contributed by atoms with van der Waals surface area (Å²) in [6.45, 7) is 12.9. The molecule has 2 rings (SSSR count). The number of allylic oxidation sites excluding steroid dienone is 1. The van der Waals surface area contributed by atoms with Crippen molar-refractivity contribution >= 4 is 0 Å². The summed E-state index contributed by atoms with van der Waals surface area (Å²) in [5, 5.41) is 0. The summed E-state index contributed by atoms with van der Waals surface area (Å²) in [6.07, 6.45) is 8.45. The number of benzene rings is 1. The SMILES string of the molecule is C=CCC1CCN(C)CC1.CCCc1cc(C)ccc1C. The molecule has 0 amide bonds. The highest BCUT2D eigenvalue weighted by Gasteiger charge is 2.14. The van der Waals surface area contributed by atoms with Crippen LogP contribution in [0.3, 0.4) is 0 Å². The van der Waals surface area contributed by atoms with Crippen LogP contribution in [0.5, 0.6) is 0 Å². The largest absolute Gasteiger partial charge is 0.306 e. The third kappa shape index (κ3) is 6.95. The van der Waals surface area contributed by atoms with Crippen molar-refractivity contribution < 1.29 is 0 Å². The van der Waals surface area contributed by atoms with Gasteiger partial charge in [-0.25, -0.2) is 0 Å². The van der Waals surface area contributed by atoms with Gasteiger partial charge in [-0.15, -0.1) is 6.58 Å². The molecule has 1 aromatic rings. The highest BCUT2D eigenvalue weighted by Crippen LogP contribution is 2.19. The van der Waals surface area contributed by atoms with E-state index in [9.17, 15) is 0 Å². The van der Waals surface area contributed by atoms with E-state index < -0.39 is 0 Å². The van der Waals surface area contributed by atoms with Crippen LogP contribution in [-0.4, -0.2) is 25.0 Å². The van der Waals surface area contributed by atoms with Crippen LogP contribution >= 0.6 is 0 Å². The van der Waals surface area contributed by atoms with Crippen LogP contribution < -0.4 is 0 Å². The lowest BCUT2D eigenvalue weighted by molar-refractivity contribution is 0.221. The monoisotopic (exact) mass is 287 g/mol. The second-order valence-corrected chi connectivity index (χ2v) is 6.45. The van der Waals surface area contributed by atoms with Crippen molar-refractivity contribution in [3.05, 3.63) is 47.5 Å². The van der Waals surface area contributed by atoms with Crippen LogP contribution in [0.15, 0.2) is 30.9 Å². The minimum Gasteiger partial charge on any atom is -0.306 e. The molecule has 0 spiro atoms. The van der Waals surface area contributed by atoms with Crippen molar-refractivity contribution in [1.82, 2.24) is 4.90 Å². The number of aryl methyl sites for hydroxylation is 3. The molecule has 0 saturated carbocycles. The topological polar surface area (TPSA) is 3.24 Å². The van der Waals surface area contributed by atoms with Crippen molar-refractivity contribution in [2.45, 2.75) is 52.9 Å². The van der Waals surface area contributed by atoms with Crippen LogP contribution in [0.25, 0.3) is 0 Å². The highest BCUT2D eigenvalue weighted by atomic mass is 15.1. The van der Waals surface area contributed by atoms with Gasteiger partial charge in [-0.05, 0) is 76.7 Å². The Morgan fingerprint density at radius 1 is 1.24 bits per heavy atom. The lowest BCUT2D eigenvalue weighted by Crippen LogP contribution is -2.29. The third-order valence-corrected chi connectivity index (χ3v) is 4.36. The smallest absolute Gasteiger partial charge is 0.00190 e. The van der Waals surface area contributed by atoms with Crippen molar-refractivity contribution in [2.75, 3.05) is 20.1 Å². The fourth-order valence-electron chi connectivity index (χ4n) is 2.87. The van der Waals surface area contributed by atoms with E-state index in [2.05, 4.69) is 63.6 Å². The van der Waals surface area contributed by atoms with Gasteiger partial charge in [0, 0.05) is 0 Å². The first-order valence-corrected chi connectivity index (χ1v) is 8.42. The Labute approximate surface area is 132 Å². The van der Waals surface area contributed by atoms with Crippen molar-refractivity contribution in [3.63, 3.8) is 0 Å². The molecule has 0 atom stereocenters. The maximum absolute atomic E-state index is 3.76. The number of piperidine rings is 1. The summed E-state index contributed by atoms with van der Waals surface area (Å²) in [5.74, 6) is 0.925. The molecule has 0 N–H and O–H groups in total. The standard InChI is InChI=1S/C11H16.C9H17N/c1-4-5-11-8-9(2)6-7-10(11)3;1-3-4-9-5-7-10(2)8-6-9/h6-8H,4-5H2,1-3H3;3,9H,1,4-8H2,2H3. The van der Waals surface area contributed by atoms with E-state index in [1.807, 2.05) is 0 Å². The first-order valence-electron chi connectivity index (χ1n) is 8.42. The average Bonchev–Trinajstić information content (AvgIpc) is 2.47. The van der Waals surface area contributed by atoms with E-state index in [1.54, 1.807) is 0 Å². The predicted molar refractivity (Wildman–Crippen MR) is 94.9 cm³/mol. The molecule has 1 aromatic carbocycles. The van der Waals surface area contributed by atoms with Crippen LogP contribution in [0.1, 0.15) is 49.3 Å². The Kier molecular flexibility index (Phi) is 8.37. The molecule has 0 radical (unpaired) electrons. The molecule has 1 aliphatic heterocycles. The third-order valence-electron chi connectivity index (χ3n) is 4.36. The zero-order valence-corrected chi connectivity index (χ0v) is 14.5. The quantitative estimate of drug-likeness (QED) is 0.691. The first-order chi connectivity index (χ1) is 10.1. The van der Waals surface area contributed by atoms with Crippen molar-refractivity contribution in [1.29, 1.82) is 0 Å². The Hall–Kier alpha value is -1.08. The van der Waals surface area contributed by atoms with Gasteiger partial charge < -0.3 is 4.90 Å². The first kappa shape index (κ1) is 18.0. The molecule has 118 valence electrons. The van der Waals surface area contributed by atoms with Crippen LogP contribution in [0.4, 0.5) is 0 Å². The molecule has 1 nitrogen and oxygen atoms in total. The molecule has 0 bridgehead atoms. The molecule has 0 unspecified atom stereocenters. The number of rotatable bonds is 4. The zero-order chi connectivity index (χ0) is 15.7. The van der Waals surface area contributed by atoms with E-state index in [4.69, 9.17) is 0 Å². The van der Waals surface area contributed by atoms with E-state index in [-0.39, 0.29) is 0 Å². The lowest BCUT2D eigenvalue weighted by atomic mass is 9.94. The summed E-state index contributed by atoms with van der Waals surface area (Å²) in [4.78, 5) is 2.40. The van der Waals surface area contributed by atoms with Crippen LogP contribution in [0, 0.1) is 19.8 Å². The molecular weight excluding hydrogens is 254 g/mol. The van der Waals surface area contributed by atoms with E-state index in [0.717, 1.165) is 5.92 Å². The number of hydrogen-bond acceptors (Lipinski definition) is 1. The minimum absolute atomic E-state index is 0.925. The second-order valence-electron chi connectivity index (χ2n) is 6.45. The van der Waals surface area contributed by atoms with Crippen molar-refractivity contribution in [2.24, 2.45) is 5.92 Å². The molecule has 1 saturated heterocycles. The van der Waals surface area contributed by atoms with Gasteiger partial charge in [0.2, 0.25) is 0 Å². The minimum atomic E-state index is 0.925. The summed E-state index contributed by atoms with van der Waals surface area (Å²) < 4.78 is 0. The number of nitrogens with zero attached hydrogens (tertiary/aromatic N) is 1. The van der Waals surface area contributed by atoms with Crippen molar-refractivity contribution in [3.8, 4) is 0 Å². The number of likely N-dealkylation sites (tertiary alicyclic amines) is 1.